The molecule has 2 N–H and O–H groups in total. The molecule has 8 nitrogen and oxygen atoms in total. The van der Waals surface area contributed by atoms with Crippen molar-refractivity contribution in [1.29, 1.82) is 0 Å². The SMILES string of the molecule is Cc1nn(-c2ccccc2)c(C)c1CC(=O)NCc1cccc(NC(=O)Cn2cccn2)c1. The van der Waals surface area contributed by atoms with Gasteiger partial charge in [-0.1, -0.05) is 30.3 Å². The second-order valence-electron chi connectivity index (χ2n) is 7.80. The van der Waals surface area contributed by atoms with Crippen molar-refractivity contribution in [2.24, 2.45) is 0 Å². The van der Waals surface area contributed by atoms with Crippen LogP contribution in [0.2, 0.25) is 0 Å². The monoisotopic (exact) mass is 442 g/mol. The van der Waals surface area contributed by atoms with Gasteiger partial charge in [0.15, 0.2) is 0 Å². The lowest BCUT2D eigenvalue weighted by Gasteiger charge is -2.09. The first-order valence-corrected chi connectivity index (χ1v) is 10.7. The van der Waals surface area contributed by atoms with Crippen LogP contribution in [-0.2, 0) is 29.1 Å². The first-order chi connectivity index (χ1) is 16.0. The number of anilines is 1. The highest BCUT2D eigenvalue weighted by Gasteiger charge is 2.16. The minimum Gasteiger partial charge on any atom is -0.352 e. The first-order valence-electron chi connectivity index (χ1n) is 10.7. The molecule has 0 bridgehead atoms. The molecule has 4 rings (SSSR count). The molecule has 0 unspecified atom stereocenters. The average molecular weight is 443 g/mol. The van der Waals surface area contributed by atoms with E-state index in [4.69, 9.17) is 0 Å². The van der Waals surface area contributed by atoms with Gasteiger partial charge in [0.2, 0.25) is 11.8 Å². The van der Waals surface area contributed by atoms with Crippen LogP contribution in [-0.4, -0.2) is 31.4 Å². The van der Waals surface area contributed by atoms with E-state index in [9.17, 15) is 9.59 Å². The fraction of sp³-hybridized carbons (Fsp3) is 0.200. The van der Waals surface area contributed by atoms with E-state index in [-0.39, 0.29) is 24.8 Å². The Balaban J connectivity index is 1.34. The van der Waals surface area contributed by atoms with Gasteiger partial charge in [-0.2, -0.15) is 10.2 Å². The van der Waals surface area contributed by atoms with Gasteiger partial charge in [0.1, 0.15) is 6.54 Å². The molecule has 0 saturated heterocycles. The average Bonchev–Trinajstić information content (AvgIpc) is 3.42. The number of rotatable bonds is 8. The standard InChI is InChI=1S/C25H26N6O2/c1-18-23(19(2)31(29-18)22-10-4-3-5-11-22)15-24(32)26-16-20-8-6-9-21(14-20)28-25(33)17-30-13-7-12-27-30/h3-14H,15-17H2,1-2H3,(H,26,32)(H,28,33). The van der Waals surface area contributed by atoms with E-state index in [1.165, 1.54) is 0 Å². The van der Waals surface area contributed by atoms with Crippen LogP contribution in [0.4, 0.5) is 5.69 Å². The third-order valence-corrected chi connectivity index (χ3v) is 5.34. The van der Waals surface area contributed by atoms with Gasteiger partial charge in [-0.3, -0.25) is 14.3 Å². The van der Waals surface area contributed by atoms with Crippen LogP contribution in [0.1, 0.15) is 22.5 Å². The maximum Gasteiger partial charge on any atom is 0.246 e. The van der Waals surface area contributed by atoms with Gasteiger partial charge in [-0.25, -0.2) is 4.68 Å². The Bertz CT molecular complexity index is 1250. The van der Waals surface area contributed by atoms with Crippen LogP contribution in [0, 0.1) is 13.8 Å². The molecule has 0 radical (unpaired) electrons. The number of carbonyl (C=O) groups excluding carboxylic acids is 2. The number of carbonyl (C=O) groups is 2. The topological polar surface area (TPSA) is 93.8 Å². The highest BCUT2D eigenvalue weighted by molar-refractivity contribution is 5.90. The van der Waals surface area contributed by atoms with E-state index >= 15 is 0 Å². The Hall–Kier alpha value is -4.20. The molecule has 0 fully saturated rings. The molecule has 0 aliphatic heterocycles. The summed E-state index contributed by atoms with van der Waals surface area (Å²) in [6.45, 7) is 4.41. The summed E-state index contributed by atoms with van der Waals surface area (Å²) in [4.78, 5) is 24.8. The van der Waals surface area contributed by atoms with E-state index < -0.39 is 0 Å². The number of amides is 2. The van der Waals surface area contributed by atoms with Gasteiger partial charge in [-0.05, 0) is 49.7 Å². The molecule has 0 atom stereocenters. The fourth-order valence-electron chi connectivity index (χ4n) is 3.68. The zero-order valence-corrected chi connectivity index (χ0v) is 18.7. The van der Waals surface area contributed by atoms with Crippen molar-refractivity contribution in [3.05, 3.63) is 95.6 Å². The van der Waals surface area contributed by atoms with Crippen LogP contribution >= 0.6 is 0 Å². The normalized spacial score (nSPS) is 10.7. The van der Waals surface area contributed by atoms with E-state index in [1.807, 2.05) is 73.1 Å². The Labute approximate surface area is 192 Å². The molecule has 0 aliphatic rings. The minimum absolute atomic E-state index is 0.0815. The van der Waals surface area contributed by atoms with Crippen LogP contribution in [0.5, 0.6) is 0 Å². The summed E-state index contributed by atoms with van der Waals surface area (Å²) < 4.78 is 3.43. The molecule has 4 aromatic rings. The summed E-state index contributed by atoms with van der Waals surface area (Å²) in [5.74, 6) is -0.247. The molecule has 0 aliphatic carbocycles. The van der Waals surface area contributed by atoms with Crippen molar-refractivity contribution >= 4 is 17.5 Å². The van der Waals surface area contributed by atoms with E-state index in [1.54, 1.807) is 23.1 Å². The number of aryl methyl sites for hydroxylation is 1. The summed E-state index contributed by atoms with van der Waals surface area (Å²) >= 11 is 0. The van der Waals surface area contributed by atoms with E-state index in [2.05, 4.69) is 20.8 Å². The molecule has 33 heavy (non-hydrogen) atoms. The Morgan fingerprint density at radius 3 is 2.55 bits per heavy atom. The molecule has 2 aromatic carbocycles. The maximum atomic E-state index is 12.6. The van der Waals surface area contributed by atoms with Gasteiger partial charge in [0.05, 0.1) is 17.8 Å². The highest BCUT2D eigenvalue weighted by atomic mass is 16.2. The largest absolute Gasteiger partial charge is 0.352 e. The molecule has 2 amide bonds. The van der Waals surface area contributed by atoms with Crippen LogP contribution < -0.4 is 10.6 Å². The van der Waals surface area contributed by atoms with Crippen LogP contribution in [0.15, 0.2) is 73.1 Å². The smallest absolute Gasteiger partial charge is 0.246 e. The Morgan fingerprint density at radius 1 is 0.970 bits per heavy atom. The van der Waals surface area contributed by atoms with Crippen molar-refractivity contribution in [3.8, 4) is 5.69 Å². The molecule has 0 saturated carbocycles. The number of benzene rings is 2. The summed E-state index contributed by atoms with van der Waals surface area (Å²) in [5.41, 5.74) is 5.26. The second-order valence-corrected chi connectivity index (χ2v) is 7.80. The second kappa shape index (κ2) is 9.95. The number of hydrogen-bond acceptors (Lipinski definition) is 4. The molecule has 168 valence electrons. The lowest BCUT2D eigenvalue weighted by molar-refractivity contribution is -0.120. The molecule has 8 heteroatoms. The highest BCUT2D eigenvalue weighted by Crippen LogP contribution is 2.18. The van der Waals surface area contributed by atoms with Gasteiger partial charge < -0.3 is 10.6 Å². The molecular weight excluding hydrogens is 416 g/mol. The summed E-state index contributed by atoms with van der Waals surface area (Å²) in [5, 5.41) is 14.5. The lowest BCUT2D eigenvalue weighted by Crippen LogP contribution is -2.25. The van der Waals surface area contributed by atoms with Crippen molar-refractivity contribution in [2.75, 3.05) is 5.32 Å². The Kier molecular flexibility index (Phi) is 6.64. The third-order valence-electron chi connectivity index (χ3n) is 5.34. The quantitative estimate of drug-likeness (QED) is 0.438. The maximum absolute atomic E-state index is 12.6. The first kappa shape index (κ1) is 22.0. The van der Waals surface area contributed by atoms with Crippen molar-refractivity contribution < 1.29 is 9.59 Å². The number of nitrogens with zero attached hydrogens (tertiary/aromatic N) is 4. The predicted molar refractivity (Wildman–Crippen MR) is 126 cm³/mol. The van der Waals surface area contributed by atoms with Crippen molar-refractivity contribution in [2.45, 2.75) is 33.4 Å². The van der Waals surface area contributed by atoms with Gasteiger partial charge >= 0.3 is 0 Å². The number of para-hydroxylation sites is 1. The number of aromatic nitrogens is 4. The molecule has 0 spiro atoms. The third kappa shape index (κ3) is 5.54. The van der Waals surface area contributed by atoms with Gasteiger partial charge in [-0.15, -0.1) is 0 Å². The van der Waals surface area contributed by atoms with Gasteiger partial charge in [0.25, 0.3) is 0 Å². The number of hydrogen-bond donors (Lipinski definition) is 2. The van der Waals surface area contributed by atoms with E-state index in [0.29, 0.717) is 12.2 Å². The summed E-state index contributed by atoms with van der Waals surface area (Å²) in [6.07, 6.45) is 3.62. The van der Waals surface area contributed by atoms with E-state index in [0.717, 1.165) is 28.2 Å². The molecular formula is C25H26N6O2. The van der Waals surface area contributed by atoms with Crippen molar-refractivity contribution in [1.82, 2.24) is 24.9 Å². The minimum atomic E-state index is -0.165. The molecule has 2 heterocycles. The summed E-state index contributed by atoms with van der Waals surface area (Å²) in [7, 11) is 0. The Morgan fingerprint density at radius 2 is 1.79 bits per heavy atom. The molecule has 2 aromatic heterocycles. The van der Waals surface area contributed by atoms with Crippen LogP contribution in [0.3, 0.4) is 0 Å². The zero-order valence-electron chi connectivity index (χ0n) is 18.7. The lowest BCUT2D eigenvalue weighted by atomic mass is 10.1. The summed E-state index contributed by atoms with van der Waals surface area (Å²) in [6, 6.07) is 19.1. The zero-order chi connectivity index (χ0) is 23.2. The van der Waals surface area contributed by atoms with Crippen molar-refractivity contribution in [3.63, 3.8) is 0 Å². The van der Waals surface area contributed by atoms with Gasteiger partial charge in [0, 0.05) is 35.9 Å². The van der Waals surface area contributed by atoms with Crippen LogP contribution in [0.25, 0.3) is 5.69 Å². The predicted octanol–water partition coefficient (Wildman–Crippen LogP) is 3.18. The number of nitrogens with one attached hydrogen (secondary N) is 2. The fourth-order valence-corrected chi connectivity index (χ4v) is 3.68.